The molecule has 0 radical (unpaired) electrons. The first-order valence-corrected chi connectivity index (χ1v) is 15.3. The van der Waals surface area contributed by atoms with Gasteiger partial charge in [-0.25, -0.2) is 4.79 Å². The summed E-state index contributed by atoms with van der Waals surface area (Å²) in [5.74, 6) is -0.794. The summed E-state index contributed by atoms with van der Waals surface area (Å²) in [5, 5.41) is 32.9. The van der Waals surface area contributed by atoms with E-state index in [0.29, 0.717) is 25.7 Å². The lowest BCUT2D eigenvalue weighted by Gasteiger charge is -2.25. The van der Waals surface area contributed by atoms with Crippen LogP contribution in [0, 0.1) is 11.8 Å². The molecule has 7 atom stereocenters. The minimum absolute atomic E-state index is 0.0619. The molecule has 0 spiro atoms. The third-order valence-corrected chi connectivity index (χ3v) is 7.23. The summed E-state index contributed by atoms with van der Waals surface area (Å²) in [6, 6.07) is 0. The Morgan fingerprint density at radius 2 is 1.82 bits per heavy atom. The molecule has 244 valence electrons. The van der Waals surface area contributed by atoms with E-state index in [4.69, 9.17) is 15.0 Å². The van der Waals surface area contributed by atoms with Crippen molar-refractivity contribution >= 4 is 11.9 Å². The molecular formula is C34H51N3O7. The van der Waals surface area contributed by atoms with Crippen LogP contribution in [-0.4, -0.2) is 64.3 Å². The van der Waals surface area contributed by atoms with Crippen molar-refractivity contribution in [3.63, 3.8) is 0 Å². The third kappa shape index (κ3) is 17.0. The highest BCUT2D eigenvalue weighted by Crippen LogP contribution is 2.22. The number of nitrogens with zero attached hydrogens (tertiary/aromatic N) is 3. The monoisotopic (exact) mass is 613 g/mol. The van der Waals surface area contributed by atoms with E-state index in [1.807, 2.05) is 71.1 Å². The van der Waals surface area contributed by atoms with Gasteiger partial charge in [0, 0.05) is 36.8 Å². The SMILES string of the molecule is CC(=C\C=C\C(C)=C\[C@H](O)[C@@H](O)C[C@H](C)O)/C=C(C)/C=C/C(=O)O[C@H]1CCCC(=O)O[C@@H]([C@@H](C)CN=[N+]=[N-])C/C=C/C[C@@H]1C. The fraction of sp³-hybridized carbons (Fsp3) is 0.588. The van der Waals surface area contributed by atoms with Crippen molar-refractivity contribution in [2.45, 2.75) is 111 Å². The topological polar surface area (TPSA) is 162 Å². The van der Waals surface area contributed by atoms with Gasteiger partial charge >= 0.3 is 11.9 Å². The van der Waals surface area contributed by atoms with Crippen LogP contribution in [0.3, 0.4) is 0 Å². The third-order valence-electron chi connectivity index (χ3n) is 7.23. The van der Waals surface area contributed by atoms with Crippen molar-refractivity contribution in [2.24, 2.45) is 17.0 Å². The molecule has 0 unspecified atom stereocenters. The lowest BCUT2D eigenvalue weighted by molar-refractivity contribution is -0.151. The van der Waals surface area contributed by atoms with Crippen LogP contribution in [0.4, 0.5) is 0 Å². The van der Waals surface area contributed by atoms with Gasteiger partial charge in [0.2, 0.25) is 0 Å². The van der Waals surface area contributed by atoms with Crippen molar-refractivity contribution in [3.05, 3.63) is 81.8 Å². The molecule has 1 aliphatic heterocycles. The number of aliphatic hydroxyl groups is 3. The summed E-state index contributed by atoms with van der Waals surface area (Å²) >= 11 is 0. The molecule has 0 fully saturated rings. The van der Waals surface area contributed by atoms with Gasteiger partial charge in [-0.15, -0.1) is 0 Å². The van der Waals surface area contributed by atoms with E-state index in [9.17, 15) is 24.9 Å². The summed E-state index contributed by atoms with van der Waals surface area (Å²) in [6.45, 7) is 11.4. The van der Waals surface area contributed by atoms with Crippen LogP contribution in [0.15, 0.2) is 76.5 Å². The Labute approximate surface area is 262 Å². The van der Waals surface area contributed by atoms with E-state index in [1.165, 1.54) is 6.08 Å². The molecule has 10 heteroatoms. The molecular weight excluding hydrogens is 562 g/mol. The first-order chi connectivity index (χ1) is 20.8. The van der Waals surface area contributed by atoms with Crippen LogP contribution >= 0.6 is 0 Å². The van der Waals surface area contributed by atoms with Crippen LogP contribution in [0.5, 0.6) is 0 Å². The van der Waals surface area contributed by atoms with Gasteiger partial charge in [0.15, 0.2) is 0 Å². The summed E-state index contributed by atoms with van der Waals surface area (Å²) in [4.78, 5) is 27.9. The van der Waals surface area contributed by atoms with Crippen LogP contribution in [-0.2, 0) is 19.1 Å². The Morgan fingerprint density at radius 3 is 2.50 bits per heavy atom. The molecule has 1 heterocycles. The number of carbonyl (C=O) groups excluding carboxylic acids is 2. The van der Waals surface area contributed by atoms with Gasteiger partial charge in [0.05, 0.1) is 18.3 Å². The molecule has 0 bridgehead atoms. The highest BCUT2D eigenvalue weighted by atomic mass is 16.5. The van der Waals surface area contributed by atoms with Gasteiger partial charge in [-0.05, 0) is 64.3 Å². The molecule has 0 aromatic carbocycles. The maximum Gasteiger partial charge on any atom is 0.331 e. The molecule has 0 amide bonds. The minimum Gasteiger partial charge on any atom is -0.462 e. The molecule has 0 aromatic heterocycles. The zero-order valence-corrected chi connectivity index (χ0v) is 27.0. The first kappa shape index (κ1) is 38.6. The Balaban J connectivity index is 2.75. The van der Waals surface area contributed by atoms with Gasteiger partial charge < -0.3 is 24.8 Å². The molecule has 0 saturated carbocycles. The van der Waals surface area contributed by atoms with Crippen LogP contribution in [0.2, 0.25) is 0 Å². The minimum atomic E-state index is -1.06. The fourth-order valence-electron chi connectivity index (χ4n) is 4.63. The van der Waals surface area contributed by atoms with Gasteiger partial charge in [-0.1, -0.05) is 84.3 Å². The van der Waals surface area contributed by atoms with Gasteiger partial charge in [0.1, 0.15) is 12.2 Å². The van der Waals surface area contributed by atoms with Gasteiger partial charge in [-0.2, -0.15) is 0 Å². The second kappa shape index (κ2) is 21.3. The molecule has 1 rings (SSSR count). The molecule has 0 saturated heterocycles. The van der Waals surface area contributed by atoms with E-state index in [1.54, 1.807) is 19.1 Å². The Morgan fingerprint density at radius 1 is 1.11 bits per heavy atom. The molecule has 44 heavy (non-hydrogen) atoms. The number of ether oxygens (including phenoxy) is 2. The Kier molecular flexibility index (Phi) is 18.7. The standard InChI is InChI=1S/C34H51N3O7/c1-23(11-9-12-24(2)20-29(39)30(40)21-28(6)38)19-25(3)17-18-34(42)43-31-15-10-16-33(41)44-32(27(5)22-36-37-35)14-8-7-13-26(31)4/h7-9,11-12,17-20,26-32,38-40H,10,13-16,21-22H2,1-6H3/b8-7+,12-9+,18-17+,23-11+,24-20+,25-19+/t26-,27-,28-,29-,30-,31-,32+/m0/s1. The van der Waals surface area contributed by atoms with Gasteiger partial charge in [-0.3, -0.25) is 4.79 Å². The lowest BCUT2D eigenvalue weighted by Crippen LogP contribution is -2.28. The van der Waals surface area contributed by atoms with E-state index in [-0.39, 0.29) is 49.4 Å². The smallest absolute Gasteiger partial charge is 0.331 e. The zero-order chi connectivity index (χ0) is 33.1. The number of rotatable bonds is 13. The quantitative estimate of drug-likeness (QED) is 0.0414. The maximum atomic E-state index is 12.7. The highest BCUT2D eigenvalue weighted by Gasteiger charge is 2.24. The zero-order valence-electron chi connectivity index (χ0n) is 27.0. The van der Waals surface area contributed by atoms with E-state index < -0.39 is 24.3 Å². The van der Waals surface area contributed by atoms with E-state index >= 15 is 0 Å². The number of carbonyl (C=O) groups is 2. The summed E-state index contributed by atoms with van der Waals surface area (Å²) in [6.07, 6.45) is 15.2. The number of azide groups is 1. The number of cyclic esters (lactones) is 1. The van der Waals surface area contributed by atoms with Crippen molar-refractivity contribution in [2.75, 3.05) is 6.54 Å². The number of esters is 2. The Bertz CT molecular complexity index is 1150. The molecule has 0 aliphatic carbocycles. The van der Waals surface area contributed by atoms with Crippen molar-refractivity contribution in [3.8, 4) is 0 Å². The maximum absolute atomic E-state index is 12.7. The normalized spacial score (nSPS) is 24.8. The molecule has 10 nitrogen and oxygen atoms in total. The number of hydrogen-bond donors (Lipinski definition) is 3. The van der Waals surface area contributed by atoms with Crippen molar-refractivity contribution < 1.29 is 34.4 Å². The average molecular weight is 614 g/mol. The molecule has 1 aliphatic rings. The summed E-state index contributed by atoms with van der Waals surface area (Å²) in [5.41, 5.74) is 11.2. The van der Waals surface area contributed by atoms with Crippen LogP contribution in [0.1, 0.15) is 80.1 Å². The largest absolute Gasteiger partial charge is 0.462 e. The molecule has 3 N–H and O–H groups in total. The van der Waals surface area contributed by atoms with Crippen LogP contribution < -0.4 is 0 Å². The second-order valence-electron chi connectivity index (χ2n) is 11.8. The predicted octanol–water partition coefficient (Wildman–Crippen LogP) is 6.36. The number of hydrogen-bond acceptors (Lipinski definition) is 8. The van der Waals surface area contributed by atoms with E-state index in [2.05, 4.69) is 10.0 Å². The van der Waals surface area contributed by atoms with Crippen molar-refractivity contribution in [1.82, 2.24) is 0 Å². The van der Waals surface area contributed by atoms with E-state index in [0.717, 1.165) is 16.7 Å². The Hall–Kier alpha value is -3.43. The predicted molar refractivity (Wildman–Crippen MR) is 172 cm³/mol. The summed E-state index contributed by atoms with van der Waals surface area (Å²) < 4.78 is 11.4. The summed E-state index contributed by atoms with van der Waals surface area (Å²) in [7, 11) is 0. The van der Waals surface area contributed by atoms with Crippen LogP contribution in [0.25, 0.3) is 10.4 Å². The lowest BCUT2D eigenvalue weighted by atomic mass is 9.94. The van der Waals surface area contributed by atoms with Gasteiger partial charge in [0.25, 0.3) is 0 Å². The first-order valence-electron chi connectivity index (χ1n) is 15.3. The number of allylic oxidation sites excluding steroid dienone is 9. The highest BCUT2D eigenvalue weighted by molar-refractivity contribution is 5.82. The molecule has 0 aromatic rings. The second-order valence-corrected chi connectivity index (χ2v) is 11.8. The number of aliphatic hydroxyl groups excluding tert-OH is 3. The van der Waals surface area contributed by atoms with Crippen molar-refractivity contribution in [1.29, 1.82) is 0 Å². The fourth-order valence-corrected chi connectivity index (χ4v) is 4.63. The average Bonchev–Trinajstić information content (AvgIpc) is 2.94.